The maximum absolute atomic E-state index is 12.0. The van der Waals surface area contributed by atoms with Crippen LogP contribution in [0.4, 0.5) is 5.82 Å². The lowest BCUT2D eigenvalue weighted by Crippen LogP contribution is -2.38. The van der Waals surface area contributed by atoms with E-state index in [9.17, 15) is 4.79 Å². The van der Waals surface area contributed by atoms with Crippen LogP contribution in [0, 0.1) is 13.8 Å². The number of hydrogen-bond acceptors (Lipinski definition) is 3. The number of benzene rings is 1. The Bertz CT molecular complexity index is 748. The smallest absolute Gasteiger partial charge is 0.227 e. The van der Waals surface area contributed by atoms with Gasteiger partial charge in [-0.25, -0.2) is 4.98 Å². The lowest BCUT2D eigenvalue weighted by molar-refractivity contribution is -0.116. The van der Waals surface area contributed by atoms with Crippen LogP contribution in [-0.4, -0.2) is 30.4 Å². The van der Waals surface area contributed by atoms with E-state index in [2.05, 4.69) is 51.0 Å². The Labute approximate surface area is 171 Å². The van der Waals surface area contributed by atoms with Crippen molar-refractivity contribution < 1.29 is 4.79 Å². The number of halogens is 1. The van der Waals surface area contributed by atoms with Crippen molar-refractivity contribution in [2.75, 3.05) is 18.9 Å². The molecule has 7 heteroatoms. The first-order valence-electron chi connectivity index (χ1n) is 8.30. The lowest BCUT2D eigenvalue weighted by Gasteiger charge is -2.12. The van der Waals surface area contributed by atoms with Gasteiger partial charge >= 0.3 is 0 Å². The van der Waals surface area contributed by atoms with Gasteiger partial charge in [-0.05, 0) is 31.5 Å². The molecule has 0 spiro atoms. The van der Waals surface area contributed by atoms with E-state index in [-0.39, 0.29) is 29.9 Å². The van der Waals surface area contributed by atoms with Gasteiger partial charge in [-0.3, -0.25) is 9.79 Å². The Morgan fingerprint density at radius 3 is 2.58 bits per heavy atom. The van der Waals surface area contributed by atoms with Crippen LogP contribution in [0.25, 0.3) is 0 Å². The van der Waals surface area contributed by atoms with Crippen LogP contribution in [0.3, 0.4) is 0 Å². The highest BCUT2D eigenvalue weighted by atomic mass is 127. The molecule has 0 bridgehead atoms. The number of hydrogen-bond donors (Lipinski definition) is 3. The molecule has 1 aromatic heterocycles. The molecule has 3 N–H and O–H groups in total. The number of aryl methyl sites for hydroxylation is 2. The van der Waals surface area contributed by atoms with Crippen LogP contribution in [0.5, 0.6) is 0 Å². The largest absolute Gasteiger partial charge is 0.356 e. The molecule has 0 saturated heterocycles. The normalized spacial score (nSPS) is 10.7. The predicted octanol–water partition coefficient (Wildman–Crippen LogP) is 3.01. The number of pyridine rings is 1. The van der Waals surface area contributed by atoms with E-state index >= 15 is 0 Å². The molecule has 0 unspecified atom stereocenters. The SMILES string of the molecule is CN=C(NCCC(=O)Nc1cccc(C)n1)NCc1cccc(C)c1.I. The average molecular weight is 467 g/mol. The fourth-order valence-electron chi connectivity index (χ4n) is 2.34. The zero-order valence-corrected chi connectivity index (χ0v) is 17.7. The summed E-state index contributed by atoms with van der Waals surface area (Å²) in [5.41, 5.74) is 3.28. The zero-order valence-electron chi connectivity index (χ0n) is 15.4. The zero-order chi connectivity index (χ0) is 18.1. The van der Waals surface area contributed by atoms with Crippen LogP contribution in [-0.2, 0) is 11.3 Å². The highest BCUT2D eigenvalue weighted by molar-refractivity contribution is 14.0. The Kier molecular flexibility index (Phi) is 9.64. The van der Waals surface area contributed by atoms with Gasteiger partial charge in [0.25, 0.3) is 0 Å². The lowest BCUT2D eigenvalue weighted by atomic mass is 10.1. The van der Waals surface area contributed by atoms with Gasteiger partial charge in [0.2, 0.25) is 5.91 Å². The number of aromatic nitrogens is 1. The molecular weight excluding hydrogens is 441 g/mol. The van der Waals surface area contributed by atoms with Crippen molar-refractivity contribution >= 4 is 41.7 Å². The molecule has 1 amide bonds. The molecule has 1 heterocycles. The van der Waals surface area contributed by atoms with Gasteiger partial charge in [-0.2, -0.15) is 0 Å². The maximum atomic E-state index is 12.0. The van der Waals surface area contributed by atoms with Crippen molar-refractivity contribution in [2.24, 2.45) is 4.99 Å². The second-order valence-corrected chi connectivity index (χ2v) is 5.80. The van der Waals surface area contributed by atoms with Crippen molar-refractivity contribution in [1.82, 2.24) is 15.6 Å². The summed E-state index contributed by atoms with van der Waals surface area (Å²) in [5.74, 6) is 1.16. The Hall–Kier alpha value is -2.16. The quantitative estimate of drug-likeness (QED) is 0.347. The van der Waals surface area contributed by atoms with Crippen molar-refractivity contribution in [3.63, 3.8) is 0 Å². The summed E-state index contributed by atoms with van der Waals surface area (Å²) in [6, 6.07) is 13.8. The van der Waals surface area contributed by atoms with Gasteiger partial charge < -0.3 is 16.0 Å². The number of carbonyl (C=O) groups excluding carboxylic acids is 1. The molecule has 2 aromatic rings. The Morgan fingerprint density at radius 2 is 1.88 bits per heavy atom. The van der Waals surface area contributed by atoms with E-state index in [1.54, 1.807) is 13.1 Å². The molecule has 1 aromatic carbocycles. The van der Waals surface area contributed by atoms with Crippen LogP contribution in [0.1, 0.15) is 23.2 Å². The van der Waals surface area contributed by atoms with Crippen molar-refractivity contribution in [3.8, 4) is 0 Å². The van der Waals surface area contributed by atoms with E-state index in [1.807, 2.05) is 25.1 Å². The van der Waals surface area contributed by atoms with Gasteiger partial charge in [-0.15, -0.1) is 24.0 Å². The molecule has 0 aliphatic carbocycles. The molecule has 2 rings (SSSR count). The average Bonchev–Trinajstić information content (AvgIpc) is 2.58. The molecule has 0 aliphatic heterocycles. The number of guanidine groups is 1. The van der Waals surface area contributed by atoms with Crippen molar-refractivity contribution in [3.05, 3.63) is 59.3 Å². The standard InChI is InChI=1S/C19H25N5O.HI/c1-14-6-4-8-16(12-14)13-22-19(20-3)21-11-10-18(25)24-17-9-5-7-15(2)23-17;/h4-9,12H,10-11,13H2,1-3H3,(H2,20,21,22)(H,23,24,25);1H. The molecule has 0 aliphatic rings. The molecule has 0 atom stereocenters. The molecule has 26 heavy (non-hydrogen) atoms. The molecule has 0 radical (unpaired) electrons. The molecule has 0 fully saturated rings. The second kappa shape index (κ2) is 11.5. The fraction of sp³-hybridized carbons (Fsp3) is 0.316. The monoisotopic (exact) mass is 467 g/mol. The van der Waals surface area contributed by atoms with Gasteiger partial charge in [0.05, 0.1) is 0 Å². The number of aliphatic imine (C=N–C) groups is 1. The summed E-state index contributed by atoms with van der Waals surface area (Å²) in [7, 11) is 1.71. The van der Waals surface area contributed by atoms with Crippen molar-refractivity contribution in [1.29, 1.82) is 0 Å². The third-order valence-corrected chi connectivity index (χ3v) is 3.57. The third kappa shape index (κ3) is 7.81. The van der Waals surface area contributed by atoms with Gasteiger partial charge in [-0.1, -0.05) is 35.9 Å². The van der Waals surface area contributed by atoms with Crippen molar-refractivity contribution in [2.45, 2.75) is 26.8 Å². The topological polar surface area (TPSA) is 78.4 Å². The molecule has 6 nitrogen and oxygen atoms in total. The first kappa shape index (κ1) is 21.9. The van der Waals surface area contributed by atoms with Crippen LogP contribution in [0.15, 0.2) is 47.5 Å². The first-order chi connectivity index (χ1) is 12.1. The fourth-order valence-corrected chi connectivity index (χ4v) is 2.34. The first-order valence-corrected chi connectivity index (χ1v) is 8.30. The summed E-state index contributed by atoms with van der Waals surface area (Å²) in [6.45, 7) is 5.13. The van der Waals surface area contributed by atoms with Gasteiger partial charge in [0.1, 0.15) is 5.82 Å². The van der Waals surface area contributed by atoms with Gasteiger partial charge in [0.15, 0.2) is 5.96 Å². The highest BCUT2D eigenvalue weighted by Gasteiger charge is 2.04. The molecular formula is C19H26IN5O. The number of nitrogens with zero attached hydrogens (tertiary/aromatic N) is 2. The predicted molar refractivity (Wildman–Crippen MR) is 117 cm³/mol. The second-order valence-electron chi connectivity index (χ2n) is 5.80. The summed E-state index contributed by atoms with van der Waals surface area (Å²) >= 11 is 0. The summed E-state index contributed by atoms with van der Waals surface area (Å²) in [4.78, 5) is 20.4. The minimum atomic E-state index is -0.0836. The van der Waals surface area contributed by atoms with E-state index in [0.29, 0.717) is 31.3 Å². The number of rotatable bonds is 6. The van der Waals surface area contributed by atoms with Crippen LogP contribution >= 0.6 is 24.0 Å². The molecule has 0 saturated carbocycles. The minimum Gasteiger partial charge on any atom is -0.356 e. The number of anilines is 1. The van der Waals surface area contributed by atoms with Crippen LogP contribution in [0.2, 0.25) is 0 Å². The molecule has 140 valence electrons. The highest BCUT2D eigenvalue weighted by Crippen LogP contribution is 2.04. The number of nitrogens with one attached hydrogen (secondary N) is 3. The minimum absolute atomic E-state index is 0. The third-order valence-electron chi connectivity index (χ3n) is 3.57. The van der Waals surface area contributed by atoms with E-state index in [1.165, 1.54) is 11.1 Å². The number of amides is 1. The van der Waals surface area contributed by atoms with E-state index in [0.717, 1.165) is 5.69 Å². The van der Waals surface area contributed by atoms with Gasteiger partial charge in [0, 0.05) is 32.3 Å². The van der Waals surface area contributed by atoms with E-state index < -0.39 is 0 Å². The Balaban J connectivity index is 0.00000338. The van der Waals surface area contributed by atoms with Crippen LogP contribution < -0.4 is 16.0 Å². The summed E-state index contributed by atoms with van der Waals surface area (Å²) in [6.07, 6.45) is 0.334. The van der Waals surface area contributed by atoms with E-state index in [4.69, 9.17) is 0 Å². The summed E-state index contributed by atoms with van der Waals surface area (Å²) < 4.78 is 0. The maximum Gasteiger partial charge on any atom is 0.227 e. The number of carbonyl (C=O) groups is 1. The Morgan fingerprint density at radius 1 is 1.12 bits per heavy atom. The summed E-state index contributed by atoms with van der Waals surface area (Å²) in [5, 5.41) is 9.17.